The summed E-state index contributed by atoms with van der Waals surface area (Å²) >= 11 is 0. The zero-order valence-corrected chi connectivity index (χ0v) is 23.9. The van der Waals surface area contributed by atoms with Crippen molar-refractivity contribution in [3.63, 3.8) is 0 Å². The van der Waals surface area contributed by atoms with Gasteiger partial charge in [0.15, 0.2) is 0 Å². The molecule has 1 saturated heterocycles. The second kappa shape index (κ2) is 12.1. The van der Waals surface area contributed by atoms with Crippen molar-refractivity contribution >= 4 is 27.3 Å². The van der Waals surface area contributed by atoms with Crippen LogP contribution in [-0.4, -0.2) is 69.7 Å². The molecule has 5 rings (SSSR count). The number of hydrogen-bond acceptors (Lipinski definition) is 6. The summed E-state index contributed by atoms with van der Waals surface area (Å²) in [5, 5.41) is 14.4. The number of hydrogen-bond donors (Lipinski definition) is 3. The number of sulfonamides is 1. The molecule has 8 nitrogen and oxygen atoms in total. The Hall–Kier alpha value is -3.24. The van der Waals surface area contributed by atoms with Crippen LogP contribution in [-0.2, 0) is 27.7 Å². The number of carbonyl (C=O) groups is 1. The van der Waals surface area contributed by atoms with E-state index < -0.39 is 28.1 Å². The third-order valence-corrected chi connectivity index (χ3v) is 9.37. The van der Waals surface area contributed by atoms with E-state index >= 15 is 0 Å². The molecule has 3 aromatic rings. The van der Waals surface area contributed by atoms with Gasteiger partial charge in [0.1, 0.15) is 0 Å². The van der Waals surface area contributed by atoms with E-state index in [1.165, 1.54) is 11.1 Å². The third-order valence-electron chi connectivity index (χ3n) is 7.84. The number of nitrogens with zero attached hydrogens (tertiary/aromatic N) is 2. The fourth-order valence-corrected chi connectivity index (χ4v) is 7.03. The molecule has 2 aliphatic rings. The van der Waals surface area contributed by atoms with Gasteiger partial charge in [-0.1, -0.05) is 54.1 Å². The number of fused-ring (bicyclic) bond motifs is 2. The lowest BCUT2D eigenvalue weighted by atomic mass is 9.95. The number of amides is 1. The van der Waals surface area contributed by atoms with Crippen LogP contribution in [0.5, 0.6) is 0 Å². The molecule has 0 radical (unpaired) electrons. The molecule has 1 unspecified atom stereocenters. The molecule has 0 aliphatic carbocycles. The van der Waals surface area contributed by atoms with E-state index in [1.807, 2.05) is 31.2 Å². The number of para-hydroxylation sites is 2. The Bertz CT molecular complexity index is 1400. The summed E-state index contributed by atoms with van der Waals surface area (Å²) in [6, 6.07) is 22.9. The summed E-state index contributed by atoms with van der Waals surface area (Å²) in [5.41, 5.74) is 5.63. The lowest BCUT2D eigenvalue weighted by molar-refractivity contribution is -0.136. The molecule has 2 heterocycles. The first-order valence-electron chi connectivity index (χ1n) is 13.9. The maximum Gasteiger partial charge on any atom is 0.240 e. The molecule has 212 valence electrons. The van der Waals surface area contributed by atoms with Crippen LogP contribution in [0.1, 0.15) is 23.1 Å². The smallest absolute Gasteiger partial charge is 0.240 e. The van der Waals surface area contributed by atoms with Crippen LogP contribution in [0.4, 0.5) is 11.4 Å². The van der Waals surface area contributed by atoms with Crippen LogP contribution in [0.15, 0.2) is 77.7 Å². The predicted molar refractivity (Wildman–Crippen MR) is 157 cm³/mol. The summed E-state index contributed by atoms with van der Waals surface area (Å²) < 4.78 is 28.5. The SMILES string of the molecule is Cc1ccc(S(=O)(=O)N[C@@H]2CNC[C@@H](C(=O)N(C)CC(O)CN3c4ccccc4CCc4ccccc43)C2)cc1. The standard InChI is InChI=1S/C31H38N4O4S/c1-22-11-15-28(16-12-22)40(38,39)33-26-17-25(18-32-19-26)31(37)34(2)20-27(36)21-35-29-9-5-3-7-23(29)13-14-24-8-4-6-10-30(24)35/h3-12,15-16,25-27,32-33,36H,13-14,17-21H2,1-2H3/t25-,26-,27?/m0/s1. The molecule has 1 fully saturated rings. The average Bonchev–Trinajstić information content (AvgIpc) is 3.10. The van der Waals surface area contributed by atoms with Gasteiger partial charge in [-0.15, -0.1) is 0 Å². The van der Waals surface area contributed by atoms with E-state index in [1.54, 1.807) is 36.2 Å². The minimum absolute atomic E-state index is 0.109. The molecular weight excluding hydrogens is 524 g/mol. The van der Waals surface area contributed by atoms with Crippen LogP contribution >= 0.6 is 0 Å². The Morgan fingerprint density at radius 3 is 2.23 bits per heavy atom. The van der Waals surface area contributed by atoms with E-state index in [0.717, 1.165) is 29.8 Å². The number of aryl methyl sites for hydroxylation is 3. The van der Waals surface area contributed by atoms with Gasteiger partial charge in [-0.2, -0.15) is 0 Å². The van der Waals surface area contributed by atoms with Gasteiger partial charge in [-0.05, 0) is 61.6 Å². The van der Waals surface area contributed by atoms with Gasteiger partial charge >= 0.3 is 0 Å². The van der Waals surface area contributed by atoms with Gasteiger partial charge in [0.2, 0.25) is 15.9 Å². The number of β-amino-alcohol motifs (C(OH)–C–C–N with tert-alkyl or cyclic N) is 1. The first-order chi connectivity index (χ1) is 19.2. The van der Waals surface area contributed by atoms with Crippen LogP contribution in [0.25, 0.3) is 0 Å². The largest absolute Gasteiger partial charge is 0.389 e. The van der Waals surface area contributed by atoms with Crippen molar-refractivity contribution in [2.75, 3.05) is 38.1 Å². The topological polar surface area (TPSA) is 102 Å². The molecule has 3 aromatic carbocycles. The number of aliphatic hydroxyl groups excluding tert-OH is 1. The van der Waals surface area contributed by atoms with Crippen molar-refractivity contribution in [1.82, 2.24) is 14.9 Å². The number of anilines is 2. The molecule has 0 saturated carbocycles. The Balaban J connectivity index is 1.22. The lowest BCUT2D eigenvalue weighted by Crippen LogP contribution is -2.53. The maximum atomic E-state index is 13.4. The highest BCUT2D eigenvalue weighted by molar-refractivity contribution is 7.89. The molecule has 9 heteroatoms. The van der Waals surface area contributed by atoms with Crippen LogP contribution in [0.2, 0.25) is 0 Å². The number of benzene rings is 3. The summed E-state index contributed by atoms with van der Waals surface area (Å²) in [7, 11) is -1.99. The van der Waals surface area contributed by atoms with Crippen molar-refractivity contribution < 1.29 is 18.3 Å². The monoisotopic (exact) mass is 562 g/mol. The molecule has 3 N–H and O–H groups in total. The fourth-order valence-electron chi connectivity index (χ4n) is 5.78. The molecule has 40 heavy (non-hydrogen) atoms. The second-order valence-electron chi connectivity index (χ2n) is 11.0. The number of likely N-dealkylation sites (N-methyl/N-ethyl adjacent to an activating group) is 1. The molecule has 3 atom stereocenters. The summed E-state index contributed by atoms with van der Waals surface area (Å²) in [6.45, 7) is 3.36. The number of aliphatic hydroxyl groups is 1. The molecule has 0 bridgehead atoms. The summed E-state index contributed by atoms with van der Waals surface area (Å²) in [4.78, 5) is 17.3. The minimum Gasteiger partial charge on any atom is -0.389 e. The van der Waals surface area contributed by atoms with Crippen LogP contribution in [0, 0.1) is 12.8 Å². The Labute approximate surface area is 237 Å². The zero-order chi connectivity index (χ0) is 28.3. The normalized spacial score (nSPS) is 19.7. The summed E-state index contributed by atoms with van der Waals surface area (Å²) in [5.74, 6) is -0.501. The van der Waals surface area contributed by atoms with Gasteiger partial charge in [-0.25, -0.2) is 13.1 Å². The molecule has 2 aliphatic heterocycles. The minimum atomic E-state index is -3.69. The number of piperidine rings is 1. The first-order valence-corrected chi connectivity index (χ1v) is 15.4. The second-order valence-corrected chi connectivity index (χ2v) is 12.7. The maximum absolute atomic E-state index is 13.4. The van der Waals surface area contributed by atoms with Crippen molar-refractivity contribution in [2.45, 2.75) is 43.2 Å². The Morgan fingerprint density at radius 1 is 1.00 bits per heavy atom. The van der Waals surface area contributed by atoms with Gasteiger partial charge in [0.25, 0.3) is 0 Å². The fraction of sp³-hybridized carbons (Fsp3) is 0.387. The summed E-state index contributed by atoms with van der Waals surface area (Å²) in [6.07, 6.45) is 1.48. The van der Waals surface area contributed by atoms with E-state index in [4.69, 9.17) is 0 Å². The van der Waals surface area contributed by atoms with Gasteiger partial charge in [-0.3, -0.25) is 4.79 Å². The molecule has 1 amide bonds. The Morgan fingerprint density at radius 2 is 1.60 bits per heavy atom. The quantitative estimate of drug-likeness (QED) is 0.390. The van der Waals surface area contributed by atoms with E-state index in [2.05, 4.69) is 39.2 Å². The van der Waals surface area contributed by atoms with E-state index in [9.17, 15) is 18.3 Å². The van der Waals surface area contributed by atoms with Crippen LogP contribution in [0.3, 0.4) is 0 Å². The van der Waals surface area contributed by atoms with Crippen LogP contribution < -0.4 is 14.9 Å². The molecular formula is C31H38N4O4S. The van der Waals surface area contributed by atoms with Gasteiger partial charge in [0, 0.05) is 44.1 Å². The van der Waals surface area contributed by atoms with E-state index in [0.29, 0.717) is 26.1 Å². The van der Waals surface area contributed by atoms with Crippen molar-refractivity contribution in [3.8, 4) is 0 Å². The van der Waals surface area contributed by atoms with Crippen molar-refractivity contribution in [2.24, 2.45) is 5.92 Å². The predicted octanol–water partition coefficient (Wildman–Crippen LogP) is 3.01. The first kappa shape index (κ1) is 28.3. The van der Waals surface area contributed by atoms with Gasteiger partial charge in [0.05, 0.1) is 23.5 Å². The molecule has 0 aromatic heterocycles. The van der Waals surface area contributed by atoms with Crippen molar-refractivity contribution in [1.29, 1.82) is 0 Å². The average molecular weight is 563 g/mol. The highest BCUT2D eigenvalue weighted by Crippen LogP contribution is 2.36. The van der Waals surface area contributed by atoms with Gasteiger partial charge < -0.3 is 20.2 Å². The van der Waals surface area contributed by atoms with E-state index in [-0.39, 0.29) is 17.3 Å². The number of rotatable bonds is 8. The highest BCUT2D eigenvalue weighted by Gasteiger charge is 2.32. The number of nitrogens with one attached hydrogen (secondary N) is 2. The Kier molecular flexibility index (Phi) is 8.56. The molecule has 0 spiro atoms. The third kappa shape index (κ3) is 6.39. The zero-order valence-electron chi connectivity index (χ0n) is 23.1. The van der Waals surface area contributed by atoms with Crippen molar-refractivity contribution in [3.05, 3.63) is 89.5 Å². The highest BCUT2D eigenvalue weighted by atomic mass is 32.2. The number of carbonyl (C=O) groups excluding carboxylic acids is 1. The lowest BCUT2D eigenvalue weighted by Gasteiger charge is -2.34.